The third kappa shape index (κ3) is 3.30. The Kier molecular flexibility index (Phi) is 4.87. The Labute approximate surface area is 118 Å². The molecule has 1 fully saturated rings. The summed E-state index contributed by atoms with van der Waals surface area (Å²) in [7, 11) is 1.58. The number of ketones is 1. The van der Waals surface area contributed by atoms with E-state index < -0.39 is 0 Å². The Hall–Kier alpha value is -1.01. The number of hydrogen-bond acceptors (Lipinski definition) is 5. The first-order valence-corrected chi connectivity index (χ1v) is 7.74. The van der Waals surface area contributed by atoms with Gasteiger partial charge in [-0.05, 0) is 13.8 Å². The molecule has 1 N–H and O–H groups in total. The van der Waals surface area contributed by atoms with Crippen molar-refractivity contribution in [2.24, 2.45) is 0 Å². The summed E-state index contributed by atoms with van der Waals surface area (Å²) in [6, 6.07) is 0.406. The summed E-state index contributed by atoms with van der Waals surface area (Å²) >= 11 is 1.89. The van der Waals surface area contributed by atoms with Gasteiger partial charge < -0.3 is 10.1 Å². The molecule has 1 aliphatic heterocycles. The van der Waals surface area contributed by atoms with Crippen LogP contribution in [0, 0.1) is 0 Å². The van der Waals surface area contributed by atoms with E-state index in [-0.39, 0.29) is 17.9 Å². The Balaban J connectivity index is 2.14. The van der Waals surface area contributed by atoms with Gasteiger partial charge in [-0.1, -0.05) is 0 Å². The maximum absolute atomic E-state index is 12.5. The number of methoxy groups -OCH3 is 1. The van der Waals surface area contributed by atoms with Gasteiger partial charge in [-0.2, -0.15) is 16.9 Å². The van der Waals surface area contributed by atoms with Crippen molar-refractivity contribution in [1.29, 1.82) is 0 Å². The maximum atomic E-state index is 12.5. The molecule has 2 heterocycles. The number of aromatic nitrogens is 2. The summed E-state index contributed by atoms with van der Waals surface area (Å²) in [6.07, 6.45) is 2.12. The largest absolute Gasteiger partial charge is 0.493 e. The minimum Gasteiger partial charge on any atom is -0.493 e. The van der Waals surface area contributed by atoms with Crippen LogP contribution in [0.4, 0.5) is 0 Å². The Morgan fingerprint density at radius 2 is 2.47 bits per heavy atom. The molecule has 0 radical (unpaired) electrons. The molecule has 1 unspecified atom stereocenters. The summed E-state index contributed by atoms with van der Waals surface area (Å²) in [6.45, 7) is 5.00. The smallest absolute Gasteiger partial charge is 0.186 e. The number of rotatable bonds is 5. The first kappa shape index (κ1) is 14.4. The summed E-state index contributed by atoms with van der Waals surface area (Å²) in [5.41, 5.74) is 0.592. The monoisotopic (exact) mass is 283 g/mol. The highest BCUT2D eigenvalue weighted by atomic mass is 32.2. The lowest BCUT2D eigenvalue weighted by Gasteiger charge is -2.22. The normalized spacial score (nSPS) is 19.7. The average molecular weight is 283 g/mol. The second kappa shape index (κ2) is 6.43. The van der Waals surface area contributed by atoms with Crippen molar-refractivity contribution in [1.82, 2.24) is 15.1 Å². The zero-order valence-electron chi connectivity index (χ0n) is 11.7. The fourth-order valence-electron chi connectivity index (χ4n) is 2.22. The maximum Gasteiger partial charge on any atom is 0.186 e. The van der Waals surface area contributed by atoms with Crippen molar-refractivity contribution in [2.75, 3.05) is 25.2 Å². The lowest BCUT2D eigenvalue weighted by molar-refractivity contribution is 0.0956. The van der Waals surface area contributed by atoms with Crippen molar-refractivity contribution in [2.45, 2.75) is 32.4 Å². The van der Waals surface area contributed by atoms with E-state index in [1.165, 1.54) is 0 Å². The quantitative estimate of drug-likeness (QED) is 0.834. The summed E-state index contributed by atoms with van der Waals surface area (Å²) in [4.78, 5) is 12.5. The second-order valence-corrected chi connectivity index (χ2v) is 6.10. The molecule has 0 saturated carbocycles. The standard InChI is InChI=1S/C13H21N3O2S/c1-9(2)16-13(12(18-3)7-15-16)11(17)6-10-8-19-5-4-14-10/h7,9-10,14H,4-6,8H2,1-3H3. The van der Waals surface area contributed by atoms with Crippen LogP contribution in [0.15, 0.2) is 6.20 Å². The molecule has 2 rings (SSSR count). The Morgan fingerprint density at radius 1 is 1.68 bits per heavy atom. The van der Waals surface area contributed by atoms with Crippen LogP contribution in [-0.2, 0) is 0 Å². The van der Waals surface area contributed by atoms with Gasteiger partial charge in [0.15, 0.2) is 11.5 Å². The number of carbonyl (C=O) groups excluding carboxylic acids is 1. The van der Waals surface area contributed by atoms with Gasteiger partial charge in [-0.25, -0.2) is 0 Å². The van der Waals surface area contributed by atoms with Crippen LogP contribution in [0.2, 0.25) is 0 Å². The van der Waals surface area contributed by atoms with Crippen LogP contribution < -0.4 is 10.1 Å². The number of hydrogen-bond donors (Lipinski definition) is 1. The summed E-state index contributed by atoms with van der Waals surface area (Å²) in [5.74, 6) is 2.78. The lowest BCUT2D eigenvalue weighted by atomic mass is 10.1. The van der Waals surface area contributed by atoms with Crippen molar-refractivity contribution in [3.05, 3.63) is 11.9 Å². The van der Waals surface area contributed by atoms with Gasteiger partial charge in [0.25, 0.3) is 0 Å². The molecule has 6 heteroatoms. The number of ether oxygens (including phenoxy) is 1. The van der Waals surface area contributed by atoms with E-state index in [9.17, 15) is 4.79 Å². The molecule has 1 aromatic rings. The van der Waals surface area contributed by atoms with Crippen molar-refractivity contribution >= 4 is 17.5 Å². The molecule has 1 atom stereocenters. The third-order valence-corrected chi connectivity index (χ3v) is 4.30. The Bertz CT molecular complexity index is 439. The molecule has 0 amide bonds. The van der Waals surface area contributed by atoms with Gasteiger partial charge in [0.1, 0.15) is 5.69 Å². The fraction of sp³-hybridized carbons (Fsp3) is 0.692. The van der Waals surface area contributed by atoms with Crippen LogP contribution in [0.1, 0.15) is 36.8 Å². The number of nitrogens with zero attached hydrogens (tertiary/aromatic N) is 2. The summed E-state index contributed by atoms with van der Waals surface area (Å²) in [5, 5.41) is 7.63. The van der Waals surface area contributed by atoms with Crippen LogP contribution in [0.25, 0.3) is 0 Å². The van der Waals surface area contributed by atoms with E-state index in [1.54, 1.807) is 18.0 Å². The van der Waals surface area contributed by atoms with Gasteiger partial charge in [0.05, 0.1) is 13.3 Å². The fourth-order valence-corrected chi connectivity index (χ4v) is 3.17. The van der Waals surface area contributed by atoms with Crippen molar-refractivity contribution < 1.29 is 9.53 Å². The summed E-state index contributed by atoms with van der Waals surface area (Å²) < 4.78 is 7.00. The first-order valence-electron chi connectivity index (χ1n) is 6.59. The van der Waals surface area contributed by atoms with Gasteiger partial charge >= 0.3 is 0 Å². The van der Waals surface area contributed by atoms with Crippen LogP contribution in [0.3, 0.4) is 0 Å². The van der Waals surface area contributed by atoms with Gasteiger partial charge in [-0.3, -0.25) is 9.48 Å². The SMILES string of the molecule is COc1cnn(C(C)C)c1C(=O)CC1CSCCN1. The number of nitrogens with one attached hydrogen (secondary N) is 1. The Morgan fingerprint density at radius 3 is 3.05 bits per heavy atom. The van der Waals surface area contributed by atoms with Crippen molar-refractivity contribution in [3.63, 3.8) is 0 Å². The molecule has 1 saturated heterocycles. The van der Waals surface area contributed by atoms with Crippen LogP contribution >= 0.6 is 11.8 Å². The third-order valence-electron chi connectivity index (χ3n) is 3.17. The zero-order valence-corrected chi connectivity index (χ0v) is 12.5. The van der Waals surface area contributed by atoms with E-state index in [1.807, 2.05) is 25.6 Å². The molecule has 0 bridgehead atoms. The molecule has 0 aromatic carbocycles. The minimum absolute atomic E-state index is 0.100. The molecule has 106 valence electrons. The molecule has 1 aliphatic rings. The highest BCUT2D eigenvalue weighted by molar-refractivity contribution is 7.99. The van der Waals surface area contributed by atoms with Crippen molar-refractivity contribution in [3.8, 4) is 5.75 Å². The van der Waals surface area contributed by atoms with E-state index in [0.717, 1.165) is 18.1 Å². The topological polar surface area (TPSA) is 56.2 Å². The molecule has 0 aliphatic carbocycles. The van der Waals surface area contributed by atoms with Gasteiger partial charge in [-0.15, -0.1) is 0 Å². The number of thioether (sulfide) groups is 1. The first-order chi connectivity index (χ1) is 9.13. The molecular weight excluding hydrogens is 262 g/mol. The molecular formula is C13H21N3O2S. The van der Waals surface area contributed by atoms with Gasteiger partial charge in [0.2, 0.25) is 0 Å². The van der Waals surface area contributed by atoms with E-state index in [2.05, 4.69) is 10.4 Å². The highest BCUT2D eigenvalue weighted by Gasteiger charge is 2.24. The second-order valence-electron chi connectivity index (χ2n) is 4.95. The number of Topliss-reactive ketones (excluding diaryl/α,β-unsaturated/α-hetero) is 1. The van der Waals surface area contributed by atoms with E-state index >= 15 is 0 Å². The molecule has 5 nitrogen and oxygen atoms in total. The molecule has 0 spiro atoms. The molecule has 1 aromatic heterocycles. The van der Waals surface area contributed by atoms with Crippen LogP contribution in [-0.4, -0.2) is 46.8 Å². The van der Waals surface area contributed by atoms with E-state index in [4.69, 9.17) is 4.74 Å². The molecule has 19 heavy (non-hydrogen) atoms. The average Bonchev–Trinajstić information content (AvgIpc) is 2.83. The van der Waals surface area contributed by atoms with E-state index in [0.29, 0.717) is 17.9 Å². The number of carbonyl (C=O) groups is 1. The zero-order chi connectivity index (χ0) is 13.8. The van der Waals surface area contributed by atoms with Crippen LogP contribution in [0.5, 0.6) is 5.75 Å². The highest BCUT2D eigenvalue weighted by Crippen LogP contribution is 2.23. The predicted molar refractivity (Wildman–Crippen MR) is 77.2 cm³/mol. The van der Waals surface area contributed by atoms with Gasteiger partial charge in [0, 0.05) is 36.6 Å². The lowest BCUT2D eigenvalue weighted by Crippen LogP contribution is -2.39. The predicted octanol–water partition coefficient (Wildman–Crippen LogP) is 1.75. The minimum atomic E-state index is 0.100.